The second-order valence-corrected chi connectivity index (χ2v) is 9.92. The van der Waals surface area contributed by atoms with Gasteiger partial charge in [0.1, 0.15) is 0 Å². The Morgan fingerprint density at radius 2 is 1.83 bits per heavy atom. The van der Waals surface area contributed by atoms with E-state index in [1.807, 2.05) is 49.4 Å². The maximum absolute atomic E-state index is 13.1. The Labute approximate surface area is 190 Å². The number of hydrogen-bond acceptors (Lipinski definition) is 5. The first-order chi connectivity index (χ1) is 14.6. The highest BCUT2D eigenvalue weighted by Crippen LogP contribution is 2.43. The molecule has 0 spiro atoms. The van der Waals surface area contributed by atoms with Crippen molar-refractivity contribution in [2.75, 3.05) is 18.1 Å². The van der Waals surface area contributed by atoms with Crippen LogP contribution in [0.1, 0.15) is 24.5 Å². The summed E-state index contributed by atoms with van der Waals surface area (Å²) < 4.78 is 6.53. The Bertz CT molecular complexity index is 1120. The van der Waals surface area contributed by atoms with Crippen molar-refractivity contribution in [3.8, 4) is 11.3 Å². The third-order valence-corrected chi connectivity index (χ3v) is 7.69. The molecule has 3 nitrogen and oxygen atoms in total. The molecule has 2 heterocycles. The number of aromatic nitrogens is 1. The Morgan fingerprint density at radius 3 is 2.53 bits per heavy atom. The summed E-state index contributed by atoms with van der Waals surface area (Å²) in [5.41, 5.74) is 5.29. The van der Waals surface area contributed by atoms with Crippen LogP contribution in [0, 0.1) is 6.92 Å². The van der Waals surface area contributed by atoms with Crippen LogP contribution in [0.5, 0.6) is 0 Å². The lowest BCUT2D eigenvalue weighted by molar-refractivity contribution is -0.136. The SMILES string of the molecule is CCOC(=O)C(=C1SCCCS1)c1cc(-c2ccc(Cl)cc2)nc2ccc(C)cc12. The van der Waals surface area contributed by atoms with E-state index >= 15 is 0 Å². The van der Waals surface area contributed by atoms with Gasteiger partial charge in [0.2, 0.25) is 0 Å². The number of benzene rings is 2. The van der Waals surface area contributed by atoms with Gasteiger partial charge >= 0.3 is 5.97 Å². The van der Waals surface area contributed by atoms with Gasteiger partial charge in [0.05, 0.1) is 27.6 Å². The number of halogens is 1. The van der Waals surface area contributed by atoms with Crippen molar-refractivity contribution >= 4 is 57.6 Å². The van der Waals surface area contributed by atoms with Gasteiger partial charge in [-0.3, -0.25) is 0 Å². The molecule has 1 aliphatic heterocycles. The minimum Gasteiger partial charge on any atom is -0.462 e. The van der Waals surface area contributed by atoms with Crippen LogP contribution in [0.4, 0.5) is 0 Å². The summed E-state index contributed by atoms with van der Waals surface area (Å²) in [5.74, 6) is 1.75. The van der Waals surface area contributed by atoms with E-state index in [1.54, 1.807) is 23.5 Å². The summed E-state index contributed by atoms with van der Waals surface area (Å²) in [6.45, 7) is 4.24. The number of pyridine rings is 1. The maximum Gasteiger partial charge on any atom is 0.340 e. The number of nitrogens with zero attached hydrogens (tertiary/aromatic N) is 1. The van der Waals surface area contributed by atoms with Crippen LogP contribution in [0.25, 0.3) is 27.7 Å². The van der Waals surface area contributed by atoms with E-state index in [-0.39, 0.29) is 5.97 Å². The van der Waals surface area contributed by atoms with Crippen molar-refractivity contribution < 1.29 is 9.53 Å². The zero-order chi connectivity index (χ0) is 21.1. The molecule has 0 saturated carbocycles. The number of thioether (sulfide) groups is 2. The smallest absolute Gasteiger partial charge is 0.340 e. The molecule has 30 heavy (non-hydrogen) atoms. The van der Waals surface area contributed by atoms with Crippen molar-refractivity contribution in [1.29, 1.82) is 0 Å². The summed E-state index contributed by atoms with van der Waals surface area (Å²) >= 11 is 9.56. The Morgan fingerprint density at radius 1 is 1.10 bits per heavy atom. The Kier molecular flexibility index (Phi) is 6.71. The molecule has 0 radical (unpaired) electrons. The molecule has 0 amide bonds. The van der Waals surface area contributed by atoms with Gasteiger partial charge in [-0.15, -0.1) is 23.5 Å². The third kappa shape index (κ3) is 4.53. The molecule has 2 aromatic carbocycles. The highest BCUT2D eigenvalue weighted by Gasteiger charge is 2.24. The van der Waals surface area contributed by atoms with Crippen molar-refractivity contribution in [2.45, 2.75) is 20.3 Å². The highest BCUT2D eigenvalue weighted by atomic mass is 35.5. The van der Waals surface area contributed by atoms with Gasteiger partial charge in [-0.05, 0) is 62.1 Å². The number of aryl methyl sites for hydroxylation is 1. The molecule has 154 valence electrons. The summed E-state index contributed by atoms with van der Waals surface area (Å²) in [5, 5.41) is 1.65. The minimum atomic E-state index is -0.273. The first-order valence-corrected chi connectivity index (χ1v) is 12.3. The minimum absolute atomic E-state index is 0.273. The molecule has 0 bridgehead atoms. The number of hydrogen-bond donors (Lipinski definition) is 0. The molecule has 0 atom stereocenters. The van der Waals surface area contributed by atoms with Gasteiger partial charge in [-0.2, -0.15) is 0 Å². The normalized spacial score (nSPS) is 14.0. The molecule has 4 rings (SSSR count). The second kappa shape index (κ2) is 9.46. The van der Waals surface area contributed by atoms with Crippen molar-refractivity contribution in [1.82, 2.24) is 4.98 Å². The van der Waals surface area contributed by atoms with Crippen molar-refractivity contribution in [3.63, 3.8) is 0 Å². The van der Waals surface area contributed by atoms with E-state index in [0.717, 1.165) is 55.5 Å². The van der Waals surface area contributed by atoms with E-state index in [4.69, 9.17) is 21.3 Å². The number of ether oxygens (including phenoxy) is 1. The number of rotatable bonds is 4. The fourth-order valence-corrected chi connectivity index (χ4v) is 6.16. The number of fused-ring (bicyclic) bond motifs is 1. The van der Waals surface area contributed by atoms with Crippen LogP contribution in [0.15, 0.2) is 52.8 Å². The van der Waals surface area contributed by atoms with Crippen LogP contribution < -0.4 is 0 Å². The van der Waals surface area contributed by atoms with E-state index in [2.05, 4.69) is 13.0 Å². The largest absolute Gasteiger partial charge is 0.462 e. The molecule has 0 aliphatic carbocycles. The maximum atomic E-state index is 13.1. The van der Waals surface area contributed by atoms with Crippen LogP contribution >= 0.6 is 35.1 Å². The zero-order valence-corrected chi connectivity index (χ0v) is 19.3. The quantitative estimate of drug-likeness (QED) is 0.314. The first-order valence-electron chi connectivity index (χ1n) is 9.91. The molecular weight excluding hydrogens is 434 g/mol. The van der Waals surface area contributed by atoms with E-state index in [0.29, 0.717) is 17.2 Å². The molecular formula is C24H22ClNO2S2. The van der Waals surface area contributed by atoms with Gasteiger partial charge in [0.15, 0.2) is 0 Å². The van der Waals surface area contributed by atoms with Crippen LogP contribution in [-0.4, -0.2) is 29.1 Å². The molecule has 1 aromatic heterocycles. The third-order valence-electron chi connectivity index (χ3n) is 4.81. The zero-order valence-electron chi connectivity index (χ0n) is 16.9. The Hall–Kier alpha value is -1.95. The van der Waals surface area contributed by atoms with E-state index in [1.165, 1.54) is 0 Å². The average molecular weight is 456 g/mol. The fraction of sp³-hybridized carbons (Fsp3) is 0.250. The highest BCUT2D eigenvalue weighted by molar-refractivity contribution is 8.23. The van der Waals surface area contributed by atoms with Crippen LogP contribution in [0.3, 0.4) is 0 Å². The monoisotopic (exact) mass is 455 g/mol. The van der Waals surface area contributed by atoms with Crippen molar-refractivity contribution in [3.05, 3.63) is 68.9 Å². The number of carbonyl (C=O) groups excluding carboxylic acids is 1. The van der Waals surface area contributed by atoms with E-state index in [9.17, 15) is 4.79 Å². The standard InChI is InChI=1S/C24H22ClNO2S2/c1-3-28-23(27)22(24-29-11-4-12-30-24)19-14-21(16-6-8-17(25)9-7-16)26-20-10-5-15(2)13-18(19)20/h5-10,13-14H,3-4,11-12H2,1-2H3. The predicted octanol–water partition coefficient (Wildman–Crippen LogP) is 6.97. The van der Waals surface area contributed by atoms with Gasteiger partial charge in [0.25, 0.3) is 0 Å². The first kappa shape index (κ1) is 21.3. The summed E-state index contributed by atoms with van der Waals surface area (Å²) in [4.78, 5) is 18.0. The summed E-state index contributed by atoms with van der Waals surface area (Å²) in [6.07, 6.45) is 1.14. The number of carbonyl (C=O) groups is 1. The van der Waals surface area contributed by atoms with Gasteiger partial charge in [-0.1, -0.05) is 35.4 Å². The molecule has 0 N–H and O–H groups in total. The topological polar surface area (TPSA) is 39.2 Å². The van der Waals surface area contributed by atoms with Gasteiger partial charge in [0, 0.05) is 21.5 Å². The van der Waals surface area contributed by atoms with Crippen LogP contribution in [-0.2, 0) is 9.53 Å². The average Bonchev–Trinajstić information content (AvgIpc) is 2.75. The van der Waals surface area contributed by atoms with E-state index < -0.39 is 0 Å². The number of esters is 1. The lowest BCUT2D eigenvalue weighted by atomic mass is 9.98. The predicted molar refractivity (Wildman–Crippen MR) is 130 cm³/mol. The van der Waals surface area contributed by atoms with Crippen molar-refractivity contribution in [2.24, 2.45) is 0 Å². The molecule has 6 heteroatoms. The summed E-state index contributed by atoms with van der Waals surface area (Å²) in [7, 11) is 0. The molecule has 3 aromatic rings. The fourth-order valence-electron chi connectivity index (χ4n) is 3.40. The van der Waals surface area contributed by atoms with Gasteiger partial charge < -0.3 is 4.74 Å². The summed E-state index contributed by atoms with van der Waals surface area (Å²) in [6, 6.07) is 15.8. The van der Waals surface area contributed by atoms with Gasteiger partial charge in [-0.25, -0.2) is 9.78 Å². The lowest BCUT2D eigenvalue weighted by Crippen LogP contribution is -2.10. The molecule has 1 aliphatic rings. The Balaban J connectivity index is 1.99. The van der Waals surface area contributed by atoms with Crippen LogP contribution in [0.2, 0.25) is 5.02 Å². The molecule has 1 saturated heterocycles. The second-order valence-electron chi connectivity index (χ2n) is 7.02. The molecule has 1 fully saturated rings. The molecule has 0 unspecified atom stereocenters. The lowest BCUT2D eigenvalue weighted by Gasteiger charge is -2.19.